The molecule has 0 radical (unpaired) electrons. The van der Waals surface area contributed by atoms with Gasteiger partial charge in [0.1, 0.15) is 5.75 Å². The van der Waals surface area contributed by atoms with Crippen LogP contribution in [0, 0.1) is 11.8 Å². The maximum Gasteiger partial charge on any atom is 0.277 e. The summed E-state index contributed by atoms with van der Waals surface area (Å²) in [7, 11) is 1.62. The minimum atomic E-state index is -1.69. The zero-order valence-electron chi connectivity index (χ0n) is 15.6. The van der Waals surface area contributed by atoms with E-state index in [-0.39, 0.29) is 30.6 Å². The number of thiazole rings is 1. The fraction of sp³-hybridized carbons (Fsp3) is 0.350. The number of hydrogen-bond donors (Lipinski definition) is 3. The zero-order valence-corrected chi connectivity index (χ0v) is 16.5. The molecule has 3 heterocycles. The number of nitrogens with two attached hydrogens (primary N) is 1. The van der Waals surface area contributed by atoms with Gasteiger partial charge in [0.2, 0.25) is 5.60 Å². The number of benzene rings is 1. The van der Waals surface area contributed by atoms with E-state index in [0.717, 1.165) is 16.2 Å². The molecule has 150 valence electrons. The number of hydrogen-bond acceptors (Lipinski definition) is 7. The molecule has 9 heteroatoms. The van der Waals surface area contributed by atoms with Crippen molar-refractivity contribution in [3.8, 4) is 28.8 Å². The Morgan fingerprint density at radius 2 is 2.31 bits per heavy atom. The first-order valence-corrected chi connectivity index (χ1v) is 9.84. The van der Waals surface area contributed by atoms with Crippen LogP contribution in [0.4, 0.5) is 0 Å². The van der Waals surface area contributed by atoms with Crippen molar-refractivity contribution in [3.05, 3.63) is 33.6 Å². The molecule has 0 aliphatic carbocycles. The van der Waals surface area contributed by atoms with Crippen molar-refractivity contribution in [2.75, 3.05) is 26.8 Å². The van der Waals surface area contributed by atoms with Crippen molar-refractivity contribution in [1.82, 2.24) is 9.88 Å². The third kappa shape index (κ3) is 3.35. The summed E-state index contributed by atoms with van der Waals surface area (Å²) < 4.78 is 5.81. The second-order valence-electron chi connectivity index (χ2n) is 7.08. The molecular weight excluding hydrogens is 394 g/mol. The molecule has 1 unspecified atom stereocenters. The van der Waals surface area contributed by atoms with Crippen LogP contribution in [0.15, 0.2) is 18.2 Å². The van der Waals surface area contributed by atoms with E-state index in [1.807, 2.05) is 0 Å². The summed E-state index contributed by atoms with van der Waals surface area (Å²) in [5.74, 6) is 4.72. The van der Waals surface area contributed by atoms with E-state index in [9.17, 15) is 19.8 Å². The molecule has 1 aromatic heterocycles. The number of primary amides is 1. The lowest BCUT2D eigenvalue weighted by Crippen LogP contribution is -2.37. The number of aromatic nitrogens is 1. The van der Waals surface area contributed by atoms with Crippen LogP contribution in [0.1, 0.15) is 32.6 Å². The number of ether oxygens (including phenoxy) is 1. The van der Waals surface area contributed by atoms with E-state index in [4.69, 9.17) is 10.5 Å². The number of aliphatic hydroxyl groups excluding tert-OH is 1. The lowest BCUT2D eigenvalue weighted by Gasteiger charge is -2.13. The molecule has 1 saturated heterocycles. The van der Waals surface area contributed by atoms with E-state index in [1.165, 1.54) is 4.90 Å². The summed E-state index contributed by atoms with van der Waals surface area (Å²) in [5.41, 5.74) is 5.40. The summed E-state index contributed by atoms with van der Waals surface area (Å²) in [5, 5.41) is 20.4. The highest BCUT2D eigenvalue weighted by atomic mass is 32.1. The van der Waals surface area contributed by atoms with Gasteiger partial charge in [0, 0.05) is 36.0 Å². The number of rotatable bonds is 2. The molecule has 1 fully saturated rings. The summed E-state index contributed by atoms with van der Waals surface area (Å²) >= 11 is 1.14. The van der Waals surface area contributed by atoms with Gasteiger partial charge in [0.05, 0.1) is 24.8 Å². The first-order valence-electron chi connectivity index (χ1n) is 9.02. The smallest absolute Gasteiger partial charge is 0.277 e. The minimum Gasteiger partial charge on any atom is -0.492 e. The van der Waals surface area contributed by atoms with Crippen LogP contribution in [0.3, 0.4) is 0 Å². The maximum absolute atomic E-state index is 12.1. The van der Waals surface area contributed by atoms with Gasteiger partial charge >= 0.3 is 0 Å². The largest absolute Gasteiger partial charge is 0.492 e. The molecule has 0 spiro atoms. The first-order chi connectivity index (χ1) is 13.8. The van der Waals surface area contributed by atoms with Gasteiger partial charge in [0.25, 0.3) is 11.8 Å². The van der Waals surface area contributed by atoms with Crippen LogP contribution >= 0.6 is 11.3 Å². The van der Waals surface area contributed by atoms with E-state index >= 15 is 0 Å². The third-order valence-corrected chi connectivity index (χ3v) is 6.29. The van der Waals surface area contributed by atoms with Crippen molar-refractivity contribution in [2.24, 2.45) is 5.73 Å². The quantitative estimate of drug-likeness (QED) is 0.609. The first kappa shape index (κ1) is 19.4. The molecule has 0 saturated carbocycles. The standard InChI is InChI=1S/C20H19N3O5S/c1-23-7-6-20(27,19(23)26)5-4-11-2-3-14-13(8-11)15-16(12(9-24)10-28-14)29-18(22-15)17(21)25/h2-3,8,12,24,27H,6-7,9-10H2,1H3,(H2,21,25)/t12?,20-/m0/s1. The van der Waals surface area contributed by atoms with Gasteiger partial charge < -0.3 is 25.6 Å². The molecule has 2 amide bonds. The van der Waals surface area contributed by atoms with Crippen LogP contribution in [-0.2, 0) is 4.79 Å². The Balaban J connectivity index is 1.77. The van der Waals surface area contributed by atoms with Gasteiger partial charge in [-0.05, 0) is 18.2 Å². The monoisotopic (exact) mass is 413 g/mol. The third-order valence-electron chi connectivity index (χ3n) is 5.05. The number of amides is 2. The number of nitrogens with zero attached hydrogens (tertiary/aromatic N) is 2. The lowest BCUT2D eigenvalue weighted by atomic mass is 10.0. The van der Waals surface area contributed by atoms with E-state index < -0.39 is 17.4 Å². The fourth-order valence-electron chi connectivity index (χ4n) is 3.37. The van der Waals surface area contributed by atoms with Gasteiger partial charge in [-0.3, -0.25) is 9.59 Å². The Kier molecular flexibility index (Phi) is 4.78. The molecule has 2 aliphatic heterocycles. The normalized spacial score (nSPS) is 22.8. The predicted molar refractivity (Wildman–Crippen MR) is 105 cm³/mol. The summed E-state index contributed by atoms with van der Waals surface area (Å²) in [6.07, 6.45) is 0.250. The van der Waals surface area contributed by atoms with Crippen molar-refractivity contribution in [1.29, 1.82) is 0 Å². The molecule has 29 heavy (non-hydrogen) atoms. The molecule has 8 nitrogen and oxygen atoms in total. The van der Waals surface area contributed by atoms with E-state index in [2.05, 4.69) is 16.8 Å². The highest BCUT2D eigenvalue weighted by molar-refractivity contribution is 7.14. The van der Waals surface area contributed by atoms with Crippen LogP contribution in [0.5, 0.6) is 5.75 Å². The van der Waals surface area contributed by atoms with Crippen molar-refractivity contribution in [2.45, 2.75) is 17.9 Å². The van der Waals surface area contributed by atoms with Crippen molar-refractivity contribution < 1.29 is 24.5 Å². The number of likely N-dealkylation sites (tertiary alicyclic amines) is 1. The van der Waals surface area contributed by atoms with Gasteiger partial charge in [-0.1, -0.05) is 11.8 Å². The SMILES string of the molecule is CN1CC[C@@](O)(C#Cc2ccc3c(c2)-c2nc(C(N)=O)sc2C(CO)CO3)C1=O. The zero-order chi connectivity index (χ0) is 20.8. The van der Waals surface area contributed by atoms with Gasteiger partial charge in [-0.25, -0.2) is 4.98 Å². The van der Waals surface area contributed by atoms with E-state index in [0.29, 0.717) is 29.1 Å². The Morgan fingerprint density at radius 1 is 1.52 bits per heavy atom. The number of fused-ring (bicyclic) bond motifs is 3. The highest BCUT2D eigenvalue weighted by Gasteiger charge is 2.42. The number of carbonyl (C=O) groups is 2. The second kappa shape index (κ2) is 7.15. The molecule has 4 rings (SSSR count). The predicted octanol–water partition coefficient (Wildman–Crippen LogP) is 0.322. The number of likely N-dealkylation sites (N-methyl/N-ethyl adjacent to an activating group) is 1. The highest BCUT2D eigenvalue weighted by Crippen LogP contribution is 2.42. The van der Waals surface area contributed by atoms with Gasteiger partial charge in [-0.15, -0.1) is 11.3 Å². The topological polar surface area (TPSA) is 126 Å². The Labute approximate surface area is 170 Å². The molecule has 2 aromatic rings. The molecular formula is C20H19N3O5S. The van der Waals surface area contributed by atoms with Gasteiger partial charge in [0.15, 0.2) is 5.01 Å². The van der Waals surface area contributed by atoms with Crippen LogP contribution in [0.2, 0.25) is 0 Å². The lowest BCUT2D eigenvalue weighted by molar-refractivity contribution is -0.137. The number of aliphatic hydroxyl groups is 2. The Bertz CT molecular complexity index is 1070. The summed E-state index contributed by atoms with van der Waals surface area (Å²) in [4.78, 5) is 30.2. The van der Waals surface area contributed by atoms with Crippen LogP contribution < -0.4 is 10.5 Å². The van der Waals surface area contributed by atoms with Crippen LogP contribution in [0.25, 0.3) is 11.3 Å². The molecule has 2 atom stereocenters. The Hall–Kier alpha value is -2.93. The van der Waals surface area contributed by atoms with Crippen LogP contribution in [-0.4, -0.2) is 64.3 Å². The molecule has 0 bridgehead atoms. The average molecular weight is 413 g/mol. The second-order valence-corrected chi connectivity index (χ2v) is 8.12. The fourth-order valence-corrected chi connectivity index (χ4v) is 4.38. The number of carbonyl (C=O) groups excluding carboxylic acids is 2. The molecule has 4 N–H and O–H groups in total. The molecule has 1 aromatic carbocycles. The summed E-state index contributed by atoms with van der Waals surface area (Å²) in [6, 6.07) is 5.18. The van der Waals surface area contributed by atoms with Crippen molar-refractivity contribution >= 4 is 23.2 Å². The molecule has 2 aliphatic rings. The minimum absolute atomic E-state index is 0.156. The average Bonchev–Trinajstić information content (AvgIpc) is 3.21. The summed E-state index contributed by atoms with van der Waals surface area (Å²) in [6.45, 7) is 0.530. The van der Waals surface area contributed by atoms with E-state index in [1.54, 1.807) is 25.2 Å². The Morgan fingerprint density at radius 3 is 2.97 bits per heavy atom. The van der Waals surface area contributed by atoms with Gasteiger partial charge in [-0.2, -0.15) is 0 Å². The maximum atomic E-state index is 12.1. The van der Waals surface area contributed by atoms with Crippen molar-refractivity contribution in [3.63, 3.8) is 0 Å².